The van der Waals surface area contributed by atoms with Gasteiger partial charge in [0.05, 0.1) is 31.1 Å². The van der Waals surface area contributed by atoms with Crippen LogP contribution in [0.15, 0.2) is 30.6 Å². The number of nitrogens with zero attached hydrogens (tertiary/aromatic N) is 3. The van der Waals surface area contributed by atoms with E-state index in [1.165, 1.54) is 6.20 Å². The minimum atomic E-state index is -0.536. The molecule has 1 N–H and O–H groups in total. The van der Waals surface area contributed by atoms with Gasteiger partial charge in [0, 0.05) is 32.1 Å². The number of fused-ring (bicyclic) bond motifs is 1. The highest BCUT2D eigenvalue weighted by Gasteiger charge is 2.41. The number of nitrogens with one attached hydrogen (secondary N) is 1. The summed E-state index contributed by atoms with van der Waals surface area (Å²) in [7, 11) is 1.56. The Kier molecular flexibility index (Phi) is 4.62. The number of rotatable bonds is 2. The molecular formula is C20H22N4O4. The molecule has 0 radical (unpaired) electrons. The maximum atomic E-state index is 12.7. The smallest absolute Gasteiger partial charge is 0.274 e. The van der Waals surface area contributed by atoms with Crippen LogP contribution in [0.1, 0.15) is 39.4 Å². The summed E-state index contributed by atoms with van der Waals surface area (Å²) in [6.07, 6.45) is 4.33. The van der Waals surface area contributed by atoms with Crippen LogP contribution in [0.3, 0.4) is 0 Å². The van der Waals surface area contributed by atoms with Gasteiger partial charge in [0.2, 0.25) is 0 Å². The third kappa shape index (κ3) is 3.37. The number of ether oxygens (including phenoxy) is 2. The summed E-state index contributed by atoms with van der Waals surface area (Å²) < 4.78 is 11.5. The van der Waals surface area contributed by atoms with Crippen molar-refractivity contribution in [3.63, 3.8) is 0 Å². The first-order chi connectivity index (χ1) is 13.5. The van der Waals surface area contributed by atoms with Gasteiger partial charge in [-0.05, 0) is 25.1 Å². The van der Waals surface area contributed by atoms with E-state index in [1.54, 1.807) is 36.4 Å². The van der Waals surface area contributed by atoms with Gasteiger partial charge in [0.15, 0.2) is 0 Å². The summed E-state index contributed by atoms with van der Waals surface area (Å²) in [6.45, 7) is 3.28. The number of hydrogen-bond donors (Lipinski definition) is 1. The van der Waals surface area contributed by atoms with E-state index in [4.69, 9.17) is 9.47 Å². The average molecular weight is 382 g/mol. The number of carbonyl (C=O) groups excluding carboxylic acids is 2. The number of piperidine rings is 1. The van der Waals surface area contributed by atoms with E-state index in [9.17, 15) is 9.59 Å². The maximum absolute atomic E-state index is 12.7. The molecule has 146 valence electrons. The minimum Gasteiger partial charge on any atom is -0.497 e. The topological polar surface area (TPSA) is 93.7 Å². The molecule has 2 aliphatic heterocycles. The van der Waals surface area contributed by atoms with Crippen LogP contribution in [0.2, 0.25) is 0 Å². The van der Waals surface area contributed by atoms with Crippen molar-refractivity contribution >= 4 is 11.8 Å². The fourth-order valence-corrected chi connectivity index (χ4v) is 3.57. The Labute approximate surface area is 162 Å². The van der Waals surface area contributed by atoms with E-state index in [1.807, 2.05) is 6.92 Å². The Morgan fingerprint density at radius 3 is 2.71 bits per heavy atom. The Balaban J connectivity index is 1.49. The molecule has 28 heavy (non-hydrogen) atoms. The summed E-state index contributed by atoms with van der Waals surface area (Å²) in [5.74, 6) is 0.831. The van der Waals surface area contributed by atoms with Crippen LogP contribution < -0.4 is 14.8 Å². The lowest BCUT2D eigenvalue weighted by atomic mass is 9.90. The van der Waals surface area contributed by atoms with E-state index in [0.717, 1.165) is 5.69 Å². The first-order valence-electron chi connectivity index (χ1n) is 9.23. The van der Waals surface area contributed by atoms with Crippen molar-refractivity contribution in [2.75, 3.05) is 26.7 Å². The fraction of sp³-hybridized carbons (Fsp3) is 0.400. The summed E-state index contributed by atoms with van der Waals surface area (Å²) in [5, 5.41) is 2.95. The van der Waals surface area contributed by atoms with Gasteiger partial charge >= 0.3 is 0 Å². The van der Waals surface area contributed by atoms with E-state index in [-0.39, 0.29) is 11.8 Å². The van der Waals surface area contributed by atoms with Crippen molar-refractivity contribution in [3.8, 4) is 11.5 Å². The number of benzene rings is 1. The summed E-state index contributed by atoms with van der Waals surface area (Å²) in [5.41, 5.74) is 1.04. The highest BCUT2D eigenvalue weighted by Crippen LogP contribution is 2.34. The number of carbonyl (C=O) groups is 2. The van der Waals surface area contributed by atoms with Gasteiger partial charge in [-0.25, -0.2) is 4.98 Å². The van der Waals surface area contributed by atoms with Gasteiger partial charge in [-0.15, -0.1) is 0 Å². The first-order valence-corrected chi connectivity index (χ1v) is 9.23. The van der Waals surface area contributed by atoms with Crippen LogP contribution >= 0.6 is 0 Å². The van der Waals surface area contributed by atoms with Gasteiger partial charge < -0.3 is 19.7 Å². The molecule has 1 aromatic heterocycles. The molecule has 0 bridgehead atoms. The highest BCUT2D eigenvalue weighted by molar-refractivity contribution is 5.97. The van der Waals surface area contributed by atoms with Crippen LogP contribution in [-0.2, 0) is 0 Å². The zero-order chi connectivity index (χ0) is 19.7. The Bertz CT molecular complexity index is 905. The van der Waals surface area contributed by atoms with Crippen LogP contribution in [0.5, 0.6) is 11.5 Å². The van der Waals surface area contributed by atoms with Crippen LogP contribution in [-0.4, -0.2) is 59.0 Å². The largest absolute Gasteiger partial charge is 0.497 e. The van der Waals surface area contributed by atoms with Gasteiger partial charge in [0.1, 0.15) is 22.8 Å². The number of aromatic nitrogens is 2. The number of methoxy groups -OCH3 is 1. The quantitative estimate of drug-likeness (QED) is 0.848. The number of amides is 2. The molecule has 0 atom stereocenters. The van der Waals surface area contributed by atoms with Crippen molar-refractivity contribution in [2.45, 2.75) is 25.4 Å². The second-order valence-electron chi connectivity index (χ2n) is 7.17. The molecule has 1 saturated heterocycles. The lowest BCUT2D eigenvalue weighted by Gasteiger charge is -2.40. The van der Waals surface area contributed by atoms with Crippen LogP contribution in [0.25, 0.3) is 0 Å². The highest BCUT2D eigenvalue weighted by atomic mass is 16.5. The van der Waals surface area contributed by atoms with E-state index >= 15 is 0 Å². The molecule has 3 heterocycles. The molecule has 4 rings (SSSR count). The molecule has 2 aromatic rings. The molecule has 8 nitrogen and oxygen atoms in total. The Morgan fingerprint density at radius 2 is 2.04 bits per heavy atom. The molecule has 1 fully saturated rings. The SMILES string of the molecule is COc1ccc2c(c1)C(=O)NCC1(CCN(C(=O)c3cnc(C)cn3)CC1)O2. The van der Waals surface area contributed by atoms with Gasteiger partial charge in [0.25, 0.3) is 11.8 Å². The number of likely N-dealkylation sites (tertiary alicyclic amines) is 1. The molecule has 0 unspecified atom stereocenters. The minimum absolute atomic E-state index is 0.134. The zero-order valence-electron chi connectivity index (χ0n) is 15.9. The molecule has 0 saturated carbocycles. The van der Waals surface area contributed by atoms with Gasteiger partial charge in [-0.3, -0.25) is 14.6 Å². The standard InChI is InChI=1S/C20H22N4O4/c1-13-10-22-16(11-21-13)19(26)24-7-5-20(6-8-24)12-23-18(25)15-9-14(27-2)3-4-17(15)28-20/h3-4,9-11H,5-8,12H2,1-2H3,(H,23,25). The van der Waals surface area contributed by atoms with Gasteiger partial charge in [-0.2, -0.15) is 0 Å². The van der Waals surface area contributed by atoms with E-state index < -0.39 is 5.60 Å². The molecule has 1 aromatic carbocycles. The van der Waals surface area contributed by atoms with E-state index in [0.29, 0.717) is 55.2 Å². The molecule has 2 aliphatic rings. The van der Waals surface area contributed by atoms with Crippen LogP contribution in [0.4, 0.5) is 0 Å². The lowest BCUT2D eigenvalue weighted by molar-refractivity contribution is 0.00748. The van der Waals surface area contributed by atoms with Crippen molar-refractivity contribution in [1.82, 2.24) is 20.2 Å². The summed E-state index contributed by atoms with van der Waals surface area (Å²) in [4.78, 5) is 35.2. The normalized spacial score (nSPS) is 17.9. The second kappa shape index (κ2) is 7.10. The average Bonchev–Trinajstić information content (AvgIpc) is 2.85. The first kappa shape index (κ1) is 18.2. The maximum Gasteiger partial charge on any atom is 0.274 e. The third-order valence-electron chi connectivity index (χ3n) is 5.29. The van der Waals surface area contributed by atoms with Gasteiger partial charge in [-0.1, -0.05) is 0 Å². The van der Waals surface area contributed by atoms with E-state index in [2.05, 4.69) is 15.3 Å². The van der Waals surface area contributed by atoms with Crippen molar-refractivity contribution < 1.29 is 19.1 Å². The summed E-state index contributed by atoms with van der Waals surface area (Å²) >= 11 is 0. The second-order valence-corrected chi connectivity index (χ2v) is 7.17. The monoisotopic (exact) mass is 382 g/mol. The van der Waals surface area contributed by atoms with Crippen molar-refractivity contribution in [2.24, 2.45) is 0 Å². The Morgan fingerprint density at radius 1 is 1.25 bits per heavy atom. The predicted molar refractivity (Wildman–Crippen MR) is 101 cm³/mol. The third-order valence-corrected chi connectivity index (χ3v) is 5.29. The lowest BCUT2D eigenvalue weighted by Crippen LogP contribution is -2.54. The molecule has 8 heteroatoms. The molecule has 0 aliphatic carbocycles. The number of hydrogen-bond acceptors (Lipinski definition) is 6. The molecular weight excluding hydrogens is 360 g/mol. The number of aryl methyl sites for hydroxylation is 1. The summed E-state index contributed by atoms with van der Waals surface area (Å²) in [6, 6.07) is 5.22. The molecule has 2 amide bonds. The Hall–Kier alpha value is -3.16. The molecule has 1 spiro atoms. The van der Waals surface area contributed by atoms with Crippen molar-refractivity contribution in [3.05, 3.63) is 47.5 Å². The fourth-order valence-electron chi connectivity index (χ4n) is 3.57. The zero-order valence-corrected chi connectivity index (χ0v) is 15.9. The predicted octanol–water partition coefficient (Wildman–Crippen LogP) is 1.59. The van der Waals surface area contributed by atoms with Crippen LogP contribution in [0, 0.1) is 6.92 Å². The van der Waals surface area contributed by atoms with Crippen molar-refractivity contribution in [1.29, 1.82) is 0 Å².